The monoisotopic (exact) mass is 339 g/mol. The highest BCUT2D eigenvalue weighted by Crippen LogP contribution is 2.21. The first kappa shape index (κ1) is 19.5. The number of carbonyl (C=O) groups excluding carboxylic acids is 2. The summed E-state index contributed by atoms with van der Waals surface area (Å²) in [4.78, 5) is 26.1. The maximum atomic E-state index is 12.6. The summed E-state index contributed by atoms with van der Waals surface area (Å²) in [6, 6.07) is 6.94. The van der Waals surface area contributed by atoms with Crippen LogP contribution in [0.5, 0.6) is 0 Å². The van der Waals surface area contributed by atoms with Crippen LogP contribution < -0.4 is 10.6 Å². The molecule has 1 heterocycles. The summed E-state index contributed by atoms with van der Waals surface area (Å²) in [6.07, 6.45) is 3.29. The normalized spacial score (nSPS) is 15.0. The van der Waals surface area contributed by atoms with Crippen molar-refractivity contribution < 1.29 is 9.59 Å². The highest BCUT2D eigenvalue weighted by Gasteiger charge is 2.23. The van der Waals surface area contributed by atoms with Crippen molar-refractivity contribution in [2.45, 2.75) is 19.3 Å². The largest absolute Gasteiger partial charge is 0.355 e. The first-order valence-corrected chi connectivity index (χ1v) is 7.91. The standard InChI is InChI=1S/C17H25N3O2.ClH/c1-18-9-6-13-7-10-20(11-8-13)17(22)15-5-3-4-14(12-15)16(21)19-2;/h3-5,12-13,18H,6-11H2,1-2H3,(H,19,21);1H. The minimum atomic E-state index is -0.166. The first-order valence-electron chi connectivity index (χ1n) is 7.91. The SMILES string of the molecule is CNCCC1CCN(C(=O)c2cccc(C(=O)NC)c2)CC1.Cl. The fourth-order valence-corrected chi connectivity index (χ4v) is 2.89. The van der Waals surface area contributed by atoms with E-state index in [1.165, 1.54) is 6.42 Å². The van der Waals surface area contributed by atoms with Crippen LogP contribution in [0, 0.1) is 5.92 Å². The molecule has 2 amide bonds. The minimum Gasteiger partial charge on any atom is -0.355 e. The average molecular weight is 340 g/mol. The van der Waals surface area contributed by atoms with Crippen LogP contribution in [0.4, 0.5) is 0 Å². The number of amides is 2. The molecular weight excluding hydrogens is 314 g/mol. The first-order chi connectivity index (χ1) is 10.7. The van der Waals surface area contributed by atoms with E-state index in [-0.39, 0.29) is 24.2 Å². The van der Waals surface area contributed by atoms with Gasteiger partial charge in [0.15, 0.2) is 0 Å². The molecule has 0 aliphatic carbocycles. The number of carbonyl (C=O) groups is 2. The topological polar surface area (TPSA) is 61.4 Å². The van der Waals surface area contributed by atoms with E-state index in [1.54, 1.807) is 31.3 Å². The summed E-state index contributed by atoms with van der Waals surface area (Å²) in [5.41, 5.74) is 1.12. The molecule has 128 valence electrons. The van der Waals surface area contributed by atoms with Crippen molar-refractivity contribution in [2.75, 3.05) is 33.7 Å². The molecule has 2 N–H and O–H groups in total. The van der Waals surface area contributed by atoms with Crippen molar-refractivity contribution in [1.82, 2.24) is 15.5 Å². The molecule has 1 aliphatic heterocycles. The Hall–Kier alpha value is -1.59. The summed E-state index contributed by atoms with van der Waals surface area (Å²) in [5.74, 6) is 0.562. The van der Waals surface area contributed by atoms with Crippen molar-refractivity contribution in [1.29, 1.82) is 0 Å². The lowest BCUT2D eigenvalue weighted by atomic mass is 9.93. The van der Waals surface area contributed by atoms with Gasteiger partial charge in [0.1, 0.15) is 0 Å². The van der Waals surface area contributed by atoms with Crippen molar-refractivity contribution >= 4 is 24.2 Å². The van der Waals surface area contributed by atoms with Crippen molar-refractivity contribution in [3.8, 4) is 0 Å². The van der Waals surface area contributed by atoms with Gasteiger partial charge in [-0.05, 0) is 57.0 Å². The van der Waals surface area contributed by atoms with Gasteiger partial charge in [-0.3, -0.25) is 9.59 Å². The fraction of sp³-hybridized carbons (Fsp3) is 0.529. The molecule has 0 unspecified atom stereocenters. The van der Waals surface area contributed by atoms with Crippen LogP contribution in [-0.4, -0.2) is 50.4 Å². The molecule has 0 saturated carbocycles. The number of rotatable bonds is 5. The molecule has 2 rings (SSSR count). The zero-order chi connectivity index (χ0) is 15.9. The molecule has 0 atom stereocenters. The number of benzene rings is 1. The Morgan fingerprint density at radius 3 is 2.43 bits per heavy atom. The summed E-state index contributed by atoms with van der Waals surface area (Å²) in [6.45, 7) is 2.64. The van der Waals surface area contributed by atoms with E-state index in [0.717, 1.165) is 32.5 Å². The van der Waals surface area contributed by atoms with E-state index >= 15 is 0 Å². The summed E-state index contributed by atoms with van der Waals surface area (Å²) in [7, 11) is 3.56. The van der Waals surface area contributed by atoms with Crippen LogP contribution in [0.1, 0.15) is 40.0 Å². The molecule has 5 nitrogen and oxygen atoms in total. The summed E-state index contributed by atoms with van der Waals surface area (Å²) >= 11 is 0. The van der Waals surface area contributed by atoms with E-state index < -0.39 is 0 Å². The highest BCUT2D eigenvalue weighted by atomic mass is 35.5. The second kappa shape index (κ2) is 9.53. The third kappa shape index (κ3) is 5.22. The van der Waals surface area contributed by atoms with E-state index in [1.807, 2.05) is 11.9 Å². The van der Waals surface area contributed by atoms with Gasteiger partial charge < -0.3 is 15.5 Å². The number of likely N-dealkylation sites (tertiary alicyclic amines) is 1. The lowest BCUT2D eigenvalue weighted by molar-refractivity contribution is 0.0687. The molecule has 1 saturated heterocycles. The molecule has 0 aromatic heterocycles. The second-order valence-corrected chi connectivity index (χ2v) is 5.79. The number of piperidine rings is 1. The van der Waals surface area contributed by atoms with Gasteiger partial charge in [0.2, 0.25) is 0 Å². The number of nitrogens with zero attached hydrogens (tertiary/aromatic N) is 1. The second-order valence-electron chi connectivity index (χ2n) is 5.79. The predicted octanol–water partition coefficient (Wildman–Crippen LogP) is 1.93. The molecule has 6 heteroatoms. The lowest BCUT2D eigenvalue weighted by Crippen LogP contribution is -2.39. The van der Waals surface area contributed by atoms with Gasteiger partial charge in [-0.1, -0.05) is 6.07 Å². The van der Waals surface area contributed by atoms with Crippen molar-refractivity contribution in [2.24, 2.45) is 5.92 Å². The van der Waals surface area contributed by atoms with Crippen LogP contribution in [0.2, 0.25) is 0 Å². The summed E-state index contributed by atoms with van der Waals surface area (Å²) < 4.78 is 0. The van der Waals surface area contributed by atoms with Gasteiger partial charge in [-0.2, -0.15) is 0 Å². The average Bonchev–Trinajstić information content (AvgIpc) is 2.59. The lowest BCUT2D eigenvalue weighted by Gasteiger charge is -2.32. The number of hydrogen-bond donors (Lipinski definition) is 2. The van der Waals surface area contributed by atoms with E-state index in [9.17, 15) is 9.59 Å². The predicted molar refractivity (Wildman–Crippen MR) is 94.3 cm³/mol. The van der Waals surface area contributed by atoms with Crippen LogP contribution in [0.15, 0.2) is 24.3 Å². The zero-order valence-electron chi connectivity index (χ0n) is 13.8. The molecule has 0 radical (unpaired) electrons. The fourth-order valence-electron chi connectivity index (χ4n) is 2.89. The maximum Gasteiger partial charge on any atom is 0.253 e. The minimum absolute atomic E-state index is 0. The number of nitrogens with one attached hydrogen (secondary N) is 2. The van der Waals surface area contributed by atoms with E-state index in [2.05, 4.69) is 10.6 Å². The van der Waals surface area contributed by atoms with Crippen LogP contribution in [0.25, 0.3) is 0 Å². The molecule has 0 bridgehead atoms. The van der Waals surface area contributed by atoms with Gasteiger partial charge in [0, 0.05) is 31.3 Å². The molecule has 1 fully saturated rings. The third-order valence-corrected chi connectivity index (χ3v) is 4.30. The Labute approximate surface area is 144 Å². The Morgan fingerprint density at radius 1 is 1.17 bits per heavy atom. The Bertz CT molecular complexity index is 528. The van der Waals surface area contributed by atoms with Crippen LogP contribution >= 0.6 is 12.4 Å². The zero-order valence-corrected chi connectivity index (χ0v) is 14.6. The number of halogens is 1. The van der Waals surface area contributed by atoms with E-state index in [0.29, 0.717) is 17.0 Å². The van der Waals surface area contributed by atoms with Crippen molar-refractivity contribution in [3.63, 3.8) is 0 Å². The molecule has 0 spiro atoms. The van der Waals surface area contributed by atoms with Gasteiger partial charge >= 0.3 is 0 Å². The molecule has 23 heavy (non-hydrogen) atoms. The highest BCUT2D eigenvalue weighted by molar-refractivity contribution is 5.99. The maximum absolute atomic E-state index is 12.6. The molecular formula is C17H26ClN3O2. The Morgan fingerprint density at radius 2 is 1.83 bits per heavy atom. The molecule has 1 aliphatic rings. The van der Waals surface area contributed by atoms with Crippen LogP contribution in [-0.2, 0) is 0 Å². The quantitative estimate of drug-likeness (QED) is 0.861. The van der Waals surface area contributed by atoms with Gasteiger partial charge in [-0.15, -0.1) is 12.4 Å². The van der Waals surface area contributed by atoms with Gasteiger partial charge in [-0.25, -0.2) is 0 Å². The smallest absolute Gasteiger partial charge is 0.253 e. The summed E-state index contributed by atoms with van der Waals surface area (Å²) in [5, 5.41) is 5.76. The molecule has 1 aromatic carbocycles. The van der Waals surface area contributed by atoms with Crippen LogP contribution in [0.3, 0.4) is 0 Å². The Kier molecular flexibility index (Phi) is 8.06. The van der Waals surface area contributed by atoms with E-state index in [4.69, 9.17) is 0 Å². The third-order valence-electron chi connectivity index (χ3n) is 4.30. The van der Waals surface area contributed by atoms with Gasteiger partial charge in [0.05, 0.1) is 0 Å². The Balaban J connectivity index is 0.00000264. The van der Waals surface area contributed by atoms with Gasteiger partial charge in [0.25, 0.3) is 11.8 Å². The van der Waals surface area contributed by atoms with Crippen molar-refractivity contribution in [3.05, 3.63) is 35.4 Å². The number of hydrogen-bond acceptors (Lipinski definition) is 3. The molecule has 1 aromatic rings.